The molecular weight excluding hydrogens is 480 g/mol. The highest BCUT2D eigenvalue weighted by molar-refractivity contribution is 6.52. The summed E-state index contributed by atoms with van der Waals surface area (Å²) in [5, 5.41) is 12.8. The molecule has 0 spiro atoms. The van der Waals surface area contributed by atoms with E-state index >= 15 is 0 Å². The number of nitrogens with zero attached hydrogens (tertiary/aromatic N) is 2. The smallest absolute Gasteiger partial charge is 0.300 e. The maximum absolute atomic E-state index is 13.5. The van der Waals surface area contributed by atoms with Crippen LogP contribution in [0.4, 0.5) is 5.69 Å². The number of ketones is 1. The molecule has 3 heterocycles. The molecule has 6 rings (SSSR count). The molecule has 2 aliphatic rings. The minimum Gasteiger partial charge on any atom is -0.507 e. The SMILES string of the molecule is Cn1cc(C2/C(=C(\O)c3ccc4c(c3)OCCO4)C(=O)C(=O)N2c2cccc(Cl)c2)c2ccccc21. The molecule has 1 fully saturated rings. The first-order valence-corrected chi connectivity index (χ1v) is 11.8. The van der Waals surface area contributed by atoms with E-state index in [1.54, 1.807) is 42.5 Å². The number of amides is 1. The van der Waals surface area contributed by atoms with Crippen molar-refractivity contribution in [3.8, 4) is 11.5 Å². The summed E-state index contributed by atoms with van der Waals surface area (Å²) in [7, 11) is 1.90. The Morgan fingerprint density at radius 3 is 2.56 bits per heavy atom. The van der Waals surface area contributed by atoms with Crippen LogP contribution in [0.1, 0.15) is 17.2 Å². The fourth-order valence-electron chi connectivity index (χ4n) is 4.96. The molecule has 0 aliphatic carbocycles. The number of ether oxygens (including phenoxy) is 2. The van der Waals surface area contributed by atoms with Gasteiger partial charge in [-0.05, 0) is 42.5 Å². The third kappa shape index (κ3) is 3.43. The highest BCUT2D eigenvalue weighted by atomic mass is 35.5. The highest BCUT2D eigenvalue weighted by Gasteiger charge is 2.48. The predicted octanol–water partition coefficient (Wildman–Crippen LogP) is 5.23. The number of aliphatic hydroxyl groups is 1. The highest BCUT2D eigenvalue weighted by Crippen LogP contribution is 2.45. The second-order valence-electron chi connectivity index (χ2n) is 8.72. The van der Waals surface area contributed by atoms with Crippen molar-refractivity contribution < 1.29 is 24.2 Å². The van der Waals surface area contributed by atoms with Crippen LogP contribution in [0.25, 0.3) is 16.7 Å². The number of fused-ring (bicyclic) bond motifs is 2. The molecule has 36 heavy (non-hydrogen) atoms. The van der Waals surface area contributed by atoms with E-state index in [-0.39, 0.29) is 11.3 Å². The first-order chi connectivity index (χ1) is 17.4. The molecule has 4 aromatic rings. The van der Waals surface area contributed by atoms with Crippen molar-refractivity contribution >= 4 is 45.6 Å². The molecule has 1 atom stereocenters. The molecule has 1 amide bonds. The van der Waals surface area contributed by atoms with E-state index in [1.165, 1.54) is 4.90 Å². The lowest BCUT2D eigenvalue weighted by Crippen LogP contribution is -2.29. The van der Waals surface area contributed by atoms with Crippen LogP contribution >= 0.6 is 11.6 Å². The Bertz CT molecular complexity index is 1590. The molecule has 0 saturated carbocycles. The zero-order chi connectivity index (χ0) is 25.0. The van der Waals surface area contributed by atoms with Gasteiger partial charge in [-0.3, -0.25) is 14.5 Å². The molecule has 2 aliphatic heterocycles. The van der Waals surface area contributed by atoms with Crippen molar-refractivity contribution in [2.75, 3.05) is 18.1 Å². The summed E-state index contributed by atoms with van der Waals surface area (Å²) in [6.45, 7) is 0.816. The molecule has 7 nitrogen and oxygen atoms in total. The first kappa shape index (κ1) is 22.2. The van der Waals surface area contributed by atoms with Gasteiger partial charge in [0.25, 0.3) is 11.7 Å². The minimum absolute atomic E-state index is 0.00648. The largest absolute Gasteiger partial charge is 0.507 e. The average Bonchev–Trinajstić information content (AvgIpc) is 3.36. The van der Waals surface area contributed by atoms with Crippen LogP contribution in [-0.4, -0.2) is 34.6 Å². The monoisotopic (exact) mass is 500 g/mol. The van der Waals surface area contributed by atoms with Gasteiger partial charge in [0.1, 0.15) is 19.0 Å². The van der Waals surface area contributed by atoms with Gasteiger partial charge < -0.3 is 19.1 Å². The number of benzene rings is 3. The summed E-state index contributed by atoms with van der Waals surface area (Å²) >= 11 is 6.25. The topological polar surface area (TPSA) is 81.0 Å². The Labute approximate surface area is 211 Å². The number of aromatic nitrogens is 1. The number of anilines is 1. The average molecular weight is 501 g/mol. The molecule has 1 unspecified atom stereocenters. The van der Waals surface area contributed by atoms with Crippen LogP contribution in [-0.2, 0) is 16.6 Å². The maximum Gasteiger partial charge on any atom is 0.300 e. The van der Waals surface area contributed by atoms with Gasteiger partial charge in [0.15, 0.2) is 11.5 Å². The molecule has 1 saturated heterocycles. The zero-order valence-corrected chi connectivity index (χ0v) is 20.0. The Hall–Kier alpha value is -4.23. The number of rotatable bonds is 3. The molecule has 1 aromatic heterocycles. The van der Waals surface area contributed by atoms with Crippen LogP contribution in [0.2, 0.25) is 5.02 Å². The molecular formula is C28H21ClN2O5. The van der Waals surface area contributed by atoms with Crippen LogP contribution in [0, 0.1) is 0 Å². The van der Waals surface area contributed by atoms with E-state index in [2.05, 4.69) is 0 Å². The van der Waals surface area contributed by atoms with E-state index in [4.69, 9.17) is 21.1 Å². The van der Waals surface area contributed by atoms with Gasteiger partial charge in [-0.25, -0.2) is 0 Å². The maximum atomic E-state index is 13.5. The third-order valence-electron chi connectivity index (χ3n) is 6.57. The standard InChI is InChI=1S/C28H21ClN2O5/c1-30-15-20(19-7-2-3-8-21(19)30)25-24(26(32)16-9-10-22-23(13-16)36-12-11-35-22)27(33)28(34)31(25)18-6-4-5-17(29)14-18/h2-10,13-15,25,32H,11-12H2,1H3/b26-24+. The number of carbonyl (C=O) groups is 2. The number of halogens is 1. The van der Waals surface area contributed by atoms with Gasteiger partial charge in [0.05, 0.1) is 11.6 Å². The molecule has 1 N–H and O–H groups in total. The lowest BCUT2D eigenvalue weighted by Gasteiger charge is -2.25. The van der Waals surface area contributed by atoms with Crippen LogP contribution < -0.4 is 14.4 Å². The van der Waals surface area contributed by atoms with Crippen LogP contribution in [0.3, 0.4) is 0 Å². The summed E-state index contributed by atoms with van der Waals surface area (Å²) < 4.78 is 13.2. The quantitative estimate of drug-likeness (QED) is 0.237. The van der Waals surface area contributed by atoms with E-state index in [0.29, 0.717) is 46.5 Å². The number of hydrogen-bond donors (Lipinski definition) is 1. The fraction of sp³-hybridized carbons (Fsp3) is 0.143. The van der Waals surface area contributed by atoms with Crippen molar-refractivity contribution in [3.63, 3.8) is 0 Å². The predicted molar refractivity (Wildman–Crippen MR) is 137 cm³/mol. The second-order valence-corrected chi connectivity index (χ2v) is 9.16. The molecule has 3 aromatic carbocycles. The Morgan fingerprint density at radius 1 is 0.972 bits per heavy atom. The first-order valence-electron chi connectivity index (χ1n) is 11.4. The molecule has 180 valence electrons. The van der Waals surface area contributed by atoms with Gasteiger partial charge >= 0.3 is 0 Å². The van der Waals surface area contributed by atoms with Crippen molar-refractivity contribution in [2.24, 2.45) is 7.05 Å². The summed E-state index contributed by atoms with van der Waals surface area (Å²) in [6, 6.07) is 18.6. The number of Topliss-reactive ketones (excluding diaryl/α,β-unsaturated/α-hetero) is 1. The van der Waals surface area contributed by atoms with Crippen LogP contribution in [0.5, 0.6) is 11.5 Å². The zero-order valence-electron chi connectivity index (χ0n) is 19.3. The summed E-state index contributed by atoms with van der Waals surface area (Å²) in [6.07, 6.45) is 1.88. The van der Waals surface area contributed by atoms with Gasteiger partial charge in [-0.1, -0.05) is 35.9 Å². The van der Waals surface area contributed by atoms with E-state index in [1.807, 2.05) is 42.1 Å². The number of para-hydroxylation sites is 1. The van der Waals surface area contributed by atoms with Gasteiger partial charge in [0.2, 0.25) is 0 Å². The summed E-state index contributed by atoms with van der Waals surface area (Å²) in [5.41, 5.74) is 2.46. The molecule has 0 radical (unpaired) electrons. The van der Waals surface area contributed by atoms with Gasteiger partial charge in [-0.2, -0.15) is 0 Å². The lowest BCUT2D eigenvalue weighted by atomic mass is 9.94. The molecule has 0 bridgehead atoms. The number of hydrogen-bond acceptors (Lipinski definition) is 5. The molecule has 8 heteroatoms. The minimum atomic E-state index is -0.872. The van der Waals surface area contributed by atoms with Gasteiger partial charge in [-0.15, -0.1) is 0 Å². The summed E-state index contributed by atoms with van der Waals surface area (Å²) in [5.74, 6) is -0.777. The fourth-order valence-corrected chi connectivity index (χ4v) is 5.14. The Kier molecular flexibility index (Phi) is 5.23. The van der Waals surface area contributed by atoms with Gasteiger partial charge in [0, 0.05) is 46.0 Å². The Morgan fingerprint density at radius 2 is 1.75 bits per heavy atom. The normalized spacial score (nSPS) is 18.7. The third-order valence-corrected chi connectivity index (χ3v) is 6.80. The van der Waals surface area contributed by atoms with E-state index in [9.17, 15) is 14.7 Å². The van der Waals surface area contributed by atoms with Crippen molar-refractivity contribution in [1.82, 2.24) is 4.57 Å². The summed E-state index contributed by atoms with van der Waals surface area (Å²) in [4.78, 5) is 28.4. The second kappa shape index (κ2) is 8.46. The van der Waals surface area contributed by atoms with Crippen molar-refractivity contribution in [3.05, 3.63) is 94.6 Å². The Balaban J connectivity index is 1.60. The van der Waals surface area contributed by atoms with Crippen molar-refractivity contribution in [1.29, 1.82) is 0 Å². The lowest BCUT2D eigenvalue weighted by molar-refractivity contribution is -0.132. The number of aliphatic hydroxyl groups excluding tert-OH is 1. The number of aryl methyl sites for hydroxylation is 1. The van der Waals surface area contributed by atoms with E-state index in [0.717, 1.165) is 10.9 Å². The number of carbonyl (C=O) groups excluding carboxylic acids is 2. The van der Waals surface area contributed by atoms with Crippen LogP contribution in [0.15, 0.2) is 78.5 Å². The van der Waals surface area contributed by atoms with E-state index < -0.39 is 17.7 Å². The van der Waals surface area contributed by atoms with Crippen molar-refractivity contribution in [2.45, 2.75) is 6.04 Å².